The summed E-state index contributed by atoms with van der Waals surface area (Å²) in [5, 5.41) is 5.95. The van der Waals surface area contributed by atoms with Crippen LogP contribution in [0.3, 0.4) is 0 Å². The van der Waals surface area contributed by atoms with E-state index < -0.39 is 0 Å². The lowest BCUT2D eigenvalue weighted by atomic mass is 9.84. The number of pyridine rings is 1. The van der Waals surface area contributed by atoms with E-state index in [4.69, 9.17) is 9.47 Å². The lowest BCUT2D eigenvalue weighted by Gasteiger charge is -2.26. The zero-order valence-corrected chi connectivity index (χ0v) is 20.2. The molecule has 35 heavy (non-hydrogen) atoms. The Balaban J connectivity index is 1.45. The SMILES string of the molecule is COc1ccc(C(=O)Nc2cccc(C(C)(C)CNC(=O)c3cnc4ccccn34)c2)cc1OC. The summed E-state index contributed by atoms with van der Waals surface area (Å²) in [5.74, 6) is 0.576. The molecule has 0 atom stereocenters. The van der Waals surface area contributed by atoms with Crippen molar-refractivity contribution in [3.63, 3.8) is 0 Å². The Hall–Kier alpha value is -4.33. The zero-order chi connectivity index (χ0) is 25.0. The molecule has 4 aromatic rings. The molecule has 0 saturated heterocycles. The van der Waals surface area contributed by atoms with Gasteiger partial charge in [0.05, 0.1) is 20.4 Å². The maximum absolute atomic E-state index is 12.8. The number of ether oxygens (including phenoxy) is 2. The summed E-state index contributed by atoms with van der Waals surface area (Å²) in [7, 11) is 3.07. The monoisotopic (exact) mass is 472 g/mol. The molecular weight excluding hydrogens is 444 g/mol. The number of hydrogen-bond acceptors (Lipinski definition) is 5. The molecule has 2 aromatic heterocycles. The molecule has 0 radical (unpaired) electrons. The number of carbonyl (C=O) groups excluding carboxylic acids is 2. The maximum Gasteiger partial charge on any atom is 0.269 e. The largest absolute Gasteiger partial charge is 0.493 e. The van der Waals surface area contributed by atoms with Crippen molar-refractivity contribution in [2.75, 3.05) is 26.1 Å². The highest BCUT2D eigenvalue weighted by Crippen LogP contribution is 2.29. The number of carbonyl (C=O) groups is 2. The molecule has 0 aliphatic carbocycles. The third-order valence-electron chi connectivity index (χ3n) is 5.89. The first-order valence-corrected chi connectivity index (χ1v) is 11.2. The zero-order valence-electron chi connectivity index (χ0n) is 20.2. The van der Waals surface area contributed by atoms with Gasteiger partial charge < -0.3 is 20.1 Å². The number of anilines is 1. The number of aromatic nitrogens is 2. The number of hydrogen-bond donors (Lipinski definition) is 2. The van der Waals surface area contributed by atoms with E-state index in [0.717, 1.165) is 11.2 Å². The van der Waals surface area contributed by atoms with Crippen LogP contribution in [0.25, 0.3) is 5.65 Å². The second-order valence-electron chi connectivity index (χ2n) is 8.74. The standard InChI is InChI=1S/C27H28N4O4/c1-27(2,17-29-26(33)21-16-28-24-10-5-6-13-31(21)24)19-8-7-9-20(15-19)30-25(32)18-11-12-22(34-3)23(14-18)35-4/h5-16H,17H2,1-4H3,(H,29,33)(H,30,32). The summed E-state index contributed by atoms with van der Waals surface area (Å²) in [6, 6.07) is 18.2. The summed E-state index contributed by atoms with van der Waals surface area (Å²) in [5.41, 5.74) is 2.89. The van der Waals surface area contributed by atoms with Gasteiger partial charge in [-0.1, -0.05) is 32.0 Å². The number of fused-ring (bicyclic) bond motifs is 1. The van der Waals surface area contributed by atoms with E-state index in [9.17, 15) is 9.59 Å². The van der Waals surface area contributed by atoms with Crippen molar-refractivity contribution in [1.82, 2.24) is 14.7 Å². The average molecular weight is 473 g/mol. The first kappa shape index (κ1) is 23.8. The van der Waals surface area contributed by atoms with E-state index >= 15 is 0 Å². The number of nitrogens with zero attached hydrogens (tertiary/aromatic N) is 2. The van der Waals surface area contributed by atoms with Crippen LogP contribution in [0.15, 0.2) is 73.1 Å². The Labute approximate surface area is 203 Å². The quantitative estimate of drug-likeness (QED) is 0.399. The van der Waals surface area contributed by atoms with Gasteiger partial charge in [-0.25, -0.2) is 4.98 Å². The second-order valence-corrected chi connectivity index (χ2v) is 8.74. The molecule has 8 heteroatoms. The Morgan fingerprint density at radius 1 is 0.943 bits per heavy atom. The summed E-state index contributed by atoms with van der Waals surface area (Å²) in [4.78, 5) is 29.9. The fourth-order valence-corrected chi connectivity index (χ4v) is 3.79. The summed E-state index contributed by atoms with van der Waals surface area (Å²) < 4.78 is 12.3. The van der Waals surface area contributed by atoms with Crippen molar-refractivity contribution in [2.24, 2.45) is 0 Å². The van der Waals surface area contributed by atoms with Gasteiger partial charge in [-0.15, -0.1) is 0 Å². The first-order chi connectivity index (χ1) is 16.8. The van der Waals surface area contributed by atoms with Crippen LogP contribution in [0.1, 0.15) is 40.3 Å². The minimum Gasteiger partial charge on any atom is -0.493 e. The molecule has 0 unspecified atom stereocenters. The Kier molecular flexibility index (Phi) is 6.73. The Bertz CT molecular complexity index is 1380. The molecule has 0 aliphatic heterocycles. The number of imidazole rings is 1. The second kappa shape index (κ2) is 9.89. The van der Waals surface area contributed by atoms with Crippen LogP contribution < -0.4 is 20.1 Å². The van der Waals surface area contributed by atoms with Gasteiger partial charge >= 0.3 is 0 Å². The molecule has 2 aromatic carbocycles. The maximum atomic E-state index is 12.8. The van der Waals surface area contributed by atoms with Crippen molar-refractivity contribution >= 4 is 23.1 Å². The minimum absolute atomic E-state index is 0.199. The number of benzene rings is 2. The average Bonchev–Trinajstić information content (AvgIpc) is 3.31. The van der Waals surface area contributed by atoms with Crippen LogP contribution in [-0.4, -0.2) is 42.0 Å². The third kappa shape index (κ3) is 5.11. The number of rotatable bonds is 8. The van der Waals surface area contributed by atoms with E-state index in [1.54, 1.807) is 35.9 Å². The van der Waals surface area contributed by atoms with Crippen molar-refractivity contribution in [1.29, 1.82) is 0 Å². The van der Waals surface area contributed by atoms with Gasteiger partial charge in [0.1, 0.15) is 11.3 Å². The van der Waals surface area contributed by atoms with E-state index in [2.05, 4.69) is 15.6 Å². The van der Waals surface area contributed by atoms with Gasteiger partial charge in [-0.2, -0.15) is 0 Å². The number of methoxy groups -OCH3 is 2. The molecule has 0 aliphatic rings. The van der Waals surface area contributed by atoms with Crippen molar-refractivity contribution in [3.8, 4) is 11.5 Å². The van der Waals surface area contributed by atoms with E-state index in [1.165, 1.54) is 7.11 Å². The minimum atomic E-state index is -0.389. The van der Waals surface area contributed by atoms with Crippen LogP contribution in [0.2, 0.25) is 0 Å². The molecule has 2 heterocycles. The molecule has 0 bridgehead atoms. The van der Waals surface area contributed by atoms with Crippen LogP contribution in [0, 0.1) is 0 Å². The van der Waals surface area contributed by atoms with E-state index in [-0.39, 0.29) is 17.2 Å². The Morgan fingerprint density at radius 3 is 2.51 bits per heavy atom. The van der Waals surface area contributed by atoms with Gasteiger partial charge in [0.15, 0.2) is 11.5 Å². The Morgan fingerprint density at radius 2 is 1.74 bits per heavy atom. The van der Waals surface area contributed by atoms with Gasteiger partial charge in [0, 0.05) is 29.4 Å². The lowest BCUT2D eigenvalue weighted by Crippen LogP contribution is -2.37. The molecule has 0 saturated carbocycles. The fraction of sp³-hybridized carbons (Fsp3) is 0.222. The van der Waals surface area contributed by atoms with Crippen LogP contribution >= 0.6 is 0 Å². The van der Waals surface area contributed by atoms with E-state index in [0.29, 0.717) is 35.0 Å². The molecule has 0 fully saturated rings. The smallest absolute Gasteiger partial charge is 0.269 e. The van der Waals surface area contributed by atoms with Crippen LogP contribution in [0.5, 0.6) is 11.5 Å². The highest BCUT2D eigenvalue weighted by Gasteiger charge is 2.23. The molecule has 4 rings (SSSR count). The molecule has 2 amide bonds. The molecule has 0 spiro atoms. The number of amides is 2. The van der Waals surface area contributed by atoms with Gasteiger partial charge in [-0.05, 0) is 48.0 Å². The van der Waals surface area contributed by atoms with Crippen LogP contribution in [-0.2, 0) is 5.41 Å². The topological polar surface area (TPSA) is 94.0 Å². The molecular formula is C27H28N4O4. The van der Waals surface area contributed by atoms with Crippen molar-refractivity contribution < 1.29 is 19.1 Å². The normalized spacial score (nSPS) is 11.2. The van der Waals surface area contributed by atoms with Crippen molar-refractivity contribution in [2.45, 2.75) is 19.3 Å². The van der Waals surface area contributed by atoms with E-state index in [1.807, 2.05) is 62.5 Å². The molecule has 180 valence electrons. The van der Waals surface area contributed by atoms with Gasteiger partial charge in [0.25, 0.3) is 11.8 Å². The molecule has 8 nitrogen and oxygen atoms in total. The predicted octanol–water partition coefficient (Wildman–Crippen LogP) is 4.31. The number of nitrogens with one attached hydrogen (secondary N) is 2. The van der Waals surface area contributed by atoms with Crippen molar-refractivity contribution in [3.05, 3.63) is 89.9 Å². The first-order valence-electron chi connectivity index (χ1n) is 11.2. The lowest BCUT2D eigenvalue weighted by molar-refractivity contribution is 0.0939. The van der Waals surface area contributed by atoms with Crippen LogP contribution in [0.4, 0.5) is 5.69 Å². The van der Waals surface area contributed by atoms with Gasteiger partial charge in [0.2, 0.25) is 0 Å². The van der Waals surface area contributed by atoms with Gasteiger partial charge in [-0.3, -0.25) is 14.0 Å². The highest BCUT2D eigenvalue weighted by atomic mass is 16.5. The summed E-state index contributed by atoms with van der Waals surface area (Å²) in [6.45, 7) is 4.48. The summed E-state index contributed by atoms with van der Waals surface area (Å²) >= 11 is 0. The highest BCUT2D eigenvalue weighted by molar-refractivity contribution is 6.04. The molecule has 2 N–H and O–H groups in total. The summed E-state index contributed by atoms with van der Waals surface area (Å²) in [6.07, 6.45) is 3.38. The fourth-order valence-electron chi connectivity index (χ4n) is 3.79. The predicted molar refractivity (Wildman–Crippen MR) is 134 cm³/mol. The third-order valence-corrected chi connectivity index (χ3v) is 5.89.